The van der Waals surface area contributed by atoms with Gasteiger partial charge >= 0.3 is 0 Å². The Morgan fingerprint density at radius 1 is 0.562 bits per heavy atom. The molecular formula is C45H32BN2. The van der Waals surface area contributed by atoms with Gasteiger partial charge in [0.05, 0.1) is 5.52 Å². The molecule has 48 heavy (non-hydrogen) atoms. The highest BCUT2D eigenvalue weighted by Gasteiger charge is 2.38. The Hall–Kier alpha value is -5.80. The number of rotatable bonds is 4. The van der Waals surface area contributed by atoms with Crippen molar-refractivity contribution in [3.63, 3.8) is 0 Å². The number of hydrogen-bond donors (Lipinski definition) is 1. The van der Waals surface area contributed by atoms with Crippen molar-refractivity contribution in [2.75, 3.05) is 5.32 Å². The molecule has 0 saturated heterocycles. The van der Waals surface area contributed by atoms with Crippen LogP contribution in [0.15, 0.2) is 152 Å². The van der Waals surface area contributed by atoms with E-state index in [-0.39, 0.29) is 5.41 Å². The maximum absolute atomic E-state index is 3.75. The minimum atomic E-state index is -0.144. The maximum atomic E-state index is 3.75. The fourth-order valence-electron chi connectivity index (χ4n) is 8.57. The summed E-state index contributed by atoms with van der Waals surface area (Å²) in [4.78, 5) is 0. The van der Waals surface area contributed by atoms with Crippen LogP contribution in [0.3, 0.4) is 0 Å². The molecule has 0 unspecified atom stereocenters. The third-order valence-corrected chi connectivity index (χ3v) is 10.6. The molecule has 225 valence electrons. The standard InChI is InChI=1S/C45H32BN2/c1-45(2)36-22-9-6-17-29(36)31-20-14-21-32(42(31)45)34-27-35(30-18-7-11-24-38(30)47-28-15-4-3-5-16-28)43-44-41(34)33-19-8-12-25-39(33)48(44)40-26-13-10-23-37(40)46-43/h3-27,47H,1-2H3. The van der Waals surface area contributed by atoms with Gasteiger partial charge in [-0.2, -0.15) is 0 Å². The minimum absolute atomic E-state index is 0.144. The van der Waals surface area contributed by atoms with Crippen LogP contribution in [0.1, 0.15) is 25.0 Å². The average Bonchev–Trinajstić information content (AvgIpc) is 3.60. The molecule has 2 heterocycles. The SMILES string of the molecule is CC1(C)c2ccccc2-c2cccc(-c3cc(-c4ccccc4Nc4ccccc4)c4c5c3c3ccccc3n5-c3ccccc3[B]4)c21. The molecule has 8 aromatic rings. The zero-order valence-corrected chi connectivity index (χ0v) is 27.0. The van der Waals surface area contributed by atoms with E-state index in [1.807, 2.05) is 0 Å². The van der Waals surface area contributed by atoms with Crippen LogP contribution in [0.4, 0.5) is 11.4 Å². The quantitative estimate of drug-likeness (QED) is 0.196. The minimum Gasteiger partial charge on any atom is -0.355 e. The number of nitrogens with zero attached hydrogens (tertiary/aromatic N) is 1. The van der Waals surface area contributed by atoms with E-state index in [9.17, 15) is 0 Å². The summed E-state index contributed by atoms with van der Waals surface area (Å²) in [6, 6.07) is 55.4. The Balaban J connectivity index is 1.35. The van der Waals surface area contributed by atoms with Crippen molar-refractivity contribution in [2.45, 2.75) is 19.3 Å². The first-order valence-electron chi connectivity index (χ1n) is 16.8. The number of para-hydroxylation sites is 4. The number of fused-ring (bicyclic) bond motifs is 8. The first-order chi connectivity index (χ1) is 23.6. The third-order valence-electron chi connectivity index (χ3n) is 10.6. The topological polar surface area (TPSA) is 17.0 Å². The summed E-state index contributed by atoms with van der Waals surface area (Å²) in [5.41, 5.74) is 18.7. The Kier molecular flexibility index (Phi) is 5.75. The number of benzene rings is 7. The molecule has 0 saturated carbocycles. The molecular weight excluding hydrogens is 579 g/mol. The zero-order chi connectivity index (χ0) is 32.0. The highest BCUT2D eigenvalue weighted by molar-refractivity contribution is 6.73. The van der Waals surface area contributed by atoms with Crippen LogP contribution in [-0.4, -0.2) is 11.8 Å². The number of anilines is 2. The van der Waals surface area contributed by atoms with Crippen molar-refractivity contribution in [1.29, 1.82) is 0 Å². The van der Waals surface area contributed by atoms with Crippen molar-refractivity contribution < 1.29 is 0 Å². The molecule has 1 N–H and O–H groups in total. The lowest BCUT2D eigenvalue weighted by Gasteiger charge is -2.27. The van der Waals surface area contributed by atoms with E-state index in [0.29, 0.717) is 0 Å². The van der Waals surface area contributed by atoms with E-state index >= 15 is 0 Å². The average molecular weight is 612 g/mol. The zero-order valence-electron chi connectivity index (χ0n) is 27.0. The van der Waals surface area contributed by atoms with Crippen LogP contribution in [0.5, 0.6) is 0 Å². The van der Waals surface area contributed by atoms with Crippen molar-refractivity contribution in [3.05, 3.63) is 163 Å². The molecule has 2 nitrogen and oxygen atoms in total. The predicted molar refractivity (Wildman–Crippen MR) is 204 cm³/mol. The van der Waals surface area contributed by atoms with Crippen molar-refractivity contribution >= 4 is 51.4 Å². The molecule has 1 aromatic heterocycles. The first kappa shape index (κ1) is 27.3. The third kappa shape index (κ3) is 3.76. The molecule has 0 bridgehead atoms. The summed E-state index contributed by atoms with van der Waals surface area (Å²) < 4.78 is 2.51. The molecule has 10 rings (SSSR count). The normalized spacial score (nSPS) is 13.5. The van der Waals surface area contributed by atoms with Gasteiger partial charge in [-0.3, -0.25) is 0 Å². The van der Waals surface area contributed by atoms with E-state index in [0.717, 1.165) is 11.4 Å². The van der Waals surface area contributed by atoms with Gasteiger partial charge in [0.2, 0.25) is 0 Å². The highest BCUT2D eigenvalue weighted by atomic mass is 15.0. The summed E-state index contributed by atoms with van der Waals surface area (Å²) in [7, 11) is 2.41. The van der Waals surface area contributed by atoms with Gasteiger partial charge in [0.1, 0.15) is 0 Å². The van der Waals surface area contributed by atoms with Crippen LogP contribution in [0.25, 0.3) is 60.9 Å². The van der Waals surface area contributed by atoms with E-state index in [1.165, 1.54) is 82.9 Å². The summed E-state index contributed by atoms with van der Waals surface area (Å²) in [6.45, 7) is 4.78. The second-order valence-corrected chi connectivity index (χ2v) is 13.6. The molecule has 0 amide bonds. The molecule has 2 aliphatic rings. The molecule has 0 fully saturated rings. The maximum Gasteiger partial charge on any atom is 0.197 e. The number of hydrogen-bond acceptors (Lipinski definition) is 1. The molecule has 0 spiro atoms. The van der Waals surface area contributed by atoms with E-state index < -0.39 is 0 Å². The Morgan fingerprint density at radius 2 is 1.23 bits per heavy atom. The molecule has 1 radical (unpaired) electrons. The van der Waals surface area contributed by atoms with E-state index in [2.05, 4.69) is 183 Å². The Labute approximate surface area is 281 Å². The van der Waals surface area contributed by atoms with Crippen molar-refractivity contribution in [2.24, 2.45) is 0 Å². The molecule has 1 aliphatic carbocycles. The second kappa shape index (κ2) is 10.1. The van der Waals surface area contributed by atoms with Gasteiger partial charge in [0.25, 0.3) is 0 Å². The lowest BCUT2D eigenvalue weighted by Crippen LogP contribution is -2.37. The van der Waals surface area contributed by atoms with Crippen molar-refractivity contribution in [3.8, 4) is 39.1 Å². The van der Waals surface area contributed by atoms with Gasteiger partial charge in [-0.25, -0.2) is 0 Å². The fourth-order valence-corrected chi connectivity index (χ4v) is 8.57. The van der Waals surface area contributed by atoms with Gasteiger partial charge in [-0.05, 0) is 80.8 Å². The van der Waals surface area contributed by atoms with Crippen LogP contribution in [0, 0.1) is 0 Å². The molecule has 3 heteroatoms. The summed E-state index contributed by atoms with van der Waals surface area (Å²) >= 11 is 0. The van der Waals surface area contributed by atoms with Gasteiger partial charge in [-0.1, -0.05) is 135 Å². The largest absolute Gasteiger partial charge is 0.355 e. The monoisotopic (exact) mass is 611 g/mol. The Bertz CT molecular complexity index is 2590. The van der Waals surface area contributed by atoms with Crippen LogP contribution in [0.2, 0.25) is 0 Å². The number of aromatic nitrogens is 1. The van der Waals surface area contributed by atoms with E-state index in [4.69, 9.17) is 0 Å². The molecule has 1 aliphatic heterocycles. The second-order valence-electron chi connectivity index (χ2n) is 13.6. The molecule has 7 aromatic carbocycles. The van der Waals surface area contributed by atoms with Crippen LogP contribution >= 0.6 is 0 Å². The predicted octanol–water partition coefficient (Wildman–Crippen LogP) is 10.1. The van der Waals surface area contributed by atoms with Gasteiger partial charge in [-0.15, -0.1) is 0 Å². The van der Waals surface area contributed by atoms with Crippen molar-refractivity contribution in [1.82, 2.24) is 4.57 Å². The smallest absolute Gasteiger partial charge is 0.197 e. The molecule has 0 atom stereocenters. The van der Waals surface area contributed by atoms with Crippen LogP contribution in [-0.2, 0) is 5.41 Å². The fraction of sp³-hybridized carbons (Fsp3) is 0.0667. The Morgan fingerprint density at radius 3 is 2.10 bits per heavy atom. The van der Waals surface area contributed by atoms with E-state index in [1.54, 1.807) is 0 Å². The van der Waals surface area contributed by atoms with Gasteiger partial charge < -0.3 is 9.88 Å². The lowest BCUT2D eigenvalue weighted by atomic mass is 9.58. The van der Waals surface area contributed by atoms with Crippen LogP contribution < -0.4 is 16.2 Å². The number of nitrogens with one attached hydrogen (secondary N) is 1. The van der Waals surface area contributed by atoms with Gasteiger partial charge in [0.15, 0.2) is 7.28 Å². The lowest BCUT2D eigenvalue weighted by molar-refractivity contribution is 0.662. The summed E-state index contributed by atoms with van der Waals surface area (Å²) in [5, 5.41) is 6.34. The highest BCUT2D eigenvalue weighted by Crippen LogP contribution is 2.54. The summed E-state index contributed by atoms with van der Waals surface area (Å²) in [5.74, 6) is 0. The van der Waals surface area contributed by atoms with Gasteiger partial charge in [0, 0.05) is 44.3 Å². The summed E-state index contributed by atoms with van der Waals surface area (Å²) in [6.07, 6.45) is 0. The first-order valence-corrected chi connectivity index (χ1v) is 16.8.